The lowest BCUT2D eigenvalue weighted by Gasteiger charge is -2.25. The number of hydrogen-bond acceptors (Lipinski definition) is 7. The van der Waals surface area contributed by atoms with Crippen molar-refractivity contribution in [2.75, 3.05) is 0 Å². The Hall–Kier alpha value is -3.03. The van der Waals surface area contributed by atoms with E-state index in [1.54, 1.807) is 24.3 Å². The van der Waals surface area contributed by atoms with Gasteiger partial charge in [-0.25, -0.2) is 4.79 Å². The SMILES string of the molecule is CC(C)CC(C(=O)OCc1nc(C(C)(C)C)no1)N1C(=O)c2ccccc2C1=O. The van der Waals surface area contributed by atoms with Crippen LogP contribution in [0.3, 0.4) is 0 Å². The number of ether oxygens (including phenoxy) is 1. The molecule has 3 rings (SSSR count). The van der Waals surface area contributed by atoms with E-state index in [9.17, 15) is 14.4 Å². The molecule has 8 nitrogen and oxygen atoms in total. The van der Waals surface area contributed by atoms with Gasteiger partial charge in [0.15, 0.2) is 12.4 Å². The highest BCUT2D eigenvalue weighted by atomic mass is 16.6. The molecular weight excluding hydrogens is 374 g/mol. The van der Waals surface area contributed by atoms with Crippen LogP contribution in [0.4, 0.5) is 0 Å². The number of imide groups is 1. The standard InChI is InChI=1S/C21H25N3O5/c1-12(2)10-15(24-17(25)13-8-6-7-9-14(13)18(24)26)19(27)28-11-16-22-20(23-29-16)21(3,4)5/h6-9,12,15H,10-11H2,1-5H3. The molecule has 1 aliphatic rings. The summed E-state index contributed by atoms with van der Waals surface area (Å²) < 4.78 is 10.5. The summed E-state index contributed by atoms with van der Waals surface area (Å²) in [5.74, 6) is -0.921. The van der Waals surface area contributed by atoms with Crippen molar-refractivity contribution >= 4 is 17.8 Å². The Kier molecular flexibility index (Phi) is 5.55. The van der Waals surface area contributed by atoms with Gasteiger partial charge in [-0.05, 0) is 24.5 Å². The highest BCUT2D eigenvalue weighted by Gasteiger charge is 2.43. The molecule has 2 heterocycles. The zero-order chi connectivity index (χ0) is 21.3. The van der Waals surface area contributed by atoms with Crippen LogP contribution in [0.2, 0.25) is 0 Å². The van der Waals surface area contributed by atoms with Crippen LogP contribution in [0.1, 0.15) is 73.5 Å². The second-order valence-electron chi connectivity index (χ2n) is 8.54. The van der Waals surface area contributed by atoms with E-state index in [1.807, 2.05) is 34.6 Å². The normalized spacial score (nSPS) is 15.0. The lowest BCUT2D eigenvalue weighted by atomic mass is 9.96. The van der Waals surface area contributed by atoms with Gasteiger partial charge in [-0.1, -0.05) is 51.9 Å². The molecule has 8 heteroatoms. The number of carbonyl (C=O) groups excluding carboxylic acids is 3. The van der Waals surface area contributed by atoms with Crippen molar-refractivity contribution in [1.82, 2.24) is 15.0 Å². The van der Waals surface area contributed by atoms with E-state index in [1.165, 1.54) is 0 Å². The number of rotatable bonds is 6. The first kappa shape index (κ1) is 20.7. The zero-order valence-corrected chi connectivity index (χ0v) is 17.3. The number of nitrogens with zero attached hydrogens (tertiary/aromatic N) is 3. The van der Waals surface area contributed by atoms with Crippen molar-refractivity contribution in [3.63, 3.8) is 0 Å². The molecule has 1 aliphatic heterocycles. The van der Waals surface area contributed by atoms with Gasteiger partial charge in [0.1, 0.15) is 6.04 Å². The number of carbonyl (C=O) groups is 3. The van der Waals surface area contributed by atoms with Gasteiger partial charge >= 0.3 is 5.97 Å². The van der Waals surface area contributed by atoms with E-state index < -0.39 is 23.8 Å². The van der Waals surface area contributed by atoms with Crippen LogP contribution in [-0.2, 0) is 21.6 Å². The van der Waals surface area contributed by atoms with Gasteiger partial charge in [-0.15, -0.1) is 0 Å². The summed E-state index contributed by atoms with van der Waals surface area (Å²) in [6.07, 6.45) is 0.293. The fourth-order valence-electron chi connectivity index (χ4n) is 3.09. The van der Waals surface area contributed by atoms with Gasteiger partial charge in [-0.2, -0.15) is 4.98 Å². The van der Waals surface area contributed by atoms with Crippen molar-refractivity contribution < 1.29 is 23.6 Å². The Morgan fingerprint density at radius 1 is 1.14 bits per heavy atom. The summed E-state index contributed by atoms with van der Waals surface area (Å²) in [5, 5.41) is 3.89. The molecule has 1 atom stereocenters. The van der Waals surface area contributed by atoms with Crippen molar-refractivity contribution in [2.45, 2.75) is 59.1 Å². The molecule has 0 radical (unpaired) electrons. The molecule has 0 N–H and O–H groups in total. The van der Waals surface area contributed by atoms with E-state index in [0.29, 0.717) is 23.4 Å². The first-order valence-electron chi connectivity index (χ1n) is 9.56. The molecule has 0 bridgehead atoms. The minimum absolute atomic E-state index is 0.0627. The number of benzene rings is 1. The van der Waals surface area contributed by atoms with Crippen LogP contribution < -0.4 is 0 Å². The lowest BCUT2D eigenvalue weighted by molar-refractivity contribution is -0.151. The van der Waals surface area contributed by atoms with E-state index in [0.717, 1.165) is 4.90 Å². The smallest absolute Gasteiger partial charge is 0.329 e. The fourth-order valence-corrected chi connectivity index (χ4v) is 3.09. The molecule has 1 aromatic heterocycles. The van der Waals surface area contributed by atoms with E-state index >= 15 is 0 Å². The van der Waals surface area contributed by atoms with Crippen molar-refractivity contribution in [2.24, 2.45) is 5.92 Å². The summed E-state index contributed by atoms with van der Waals surface area (Å²) in [4.78, 5) is 43.6. The molecular formula is C21H25N3O5. The number of hydrogen-bond donors (Lipinski definition) is 0. The van der Waals surface area contributed by atoms with Gasteiger partial charge in [0.25, 0.3) is 17.7 Å². The van der Waals surface area contributed by atoms with Gasteiger partial charge < -0.3 is 9.26 Å². The minimum atomic E-state index is -1.02. The van der Waals surface area contributed by atoms with Crippen LogP contribution in [0.25, 0.3) is 0 Å². The third-order valence-corrected chi connectivity index (χ3v) is 4.58. The summed E-state index contributed by atoms with van der Waals surface area (Å²) >= 11 is 0. The minimum Gasteiger partial charge on any atom is -0.454 e. The predicted octanol–water partition coefficient (Wildman–Crippen LogP) is 3.12. The van der Waals surface area contributed by atoms with Crippen molar-refractivity contribution in [3.8, 4) is 0 Å². The third-order valence-electron chi connectivity index (χ3n) is 4.58. The third kappa shape index (κ3) is 4.21. The van der Waals surface area contributed by atoms with Gasteiger partial charge in [0.05, 0.1) is 11.1 Å². The molecule has 0 aliphatic carbocycles. The van der Waals surface area contributed by atoms with Crippen LogP contribution in [-0.4, -0.2) is 38.9 Å². The maximum atomic E-state index is 12.8. The molecule has 154 valence electrons. The van der Waals surface area contributed by atoms with Gasteiger partial charge in [0, 0.05) is 5.41 Å². The number of aromatic nitrogens is 2. The van der Waals surface area contributed by atoms with Crippen LogP contribution in [0, 0.1) is 5.92 Å². The van der Waals surface area contributed by atoms with Crippen LogP contribution in [0.5, 0.6) is 0 Å². The molecule has 2 aromatic rings. The van der Waals surface area contributed by atoms with E-state index in [-0.39, 0.29) is 23.8 Å². The topological polar surface area (TPSA) is 103 Å². The lowest BCUT2D eigenvalue weighted by Crippen LogP contribution is -2.46. The maximum absolute atomic E-state index is 12.8. The summed E-state index contributed by atoms with van der Waals surface area (Å²) in [7, 11) is 0. The van der Waals surface area contributed by atoms with E-state index in [4.69, 9.17) is 9.26 Å². The first-order valence-corrected chi connectivity index (χ1v) is 9.56. The highest BCUT2D eigenvalue weighted by Crippen LogP contribution is 2.27. The quantitative estimate of drug-likeness (QED) is 0.543. The molecule has 0 fully saturated rings. The van der Waals surface area contributed by atoms with Gasteiger partial charge in [0.2, 0.25) is 0 Å². The molecule has 1 unspecified atom stereocenters. The molecule has 0 saturated carbocycles. The average Bonchev–Trinajstić information content (AvgIpc) is 3.22. The molecule has 2 amide bonds. The first-order chi connectivity index (χ1) is 13.6. The largest absolute Gasteiger partial charge is 0.454 e. The second-order valence-corrected chi connectivity index (χ2v) is 8.54. The Morgan fingerprint density at radius 2 is 1.72 bits per heavy atom. The van der Waals surface area contributed by atoms with Crippen molar-refractivity contribution in [3.05, 3.63) is 47.1 Å². The molecule has 0 spiro atoms. The van der Waals surface area contributed by atoms with Crippen molar-refractivity contribution in [1.29, 1.82) is 0 Å². The Balaban J connectivity index is 1.77. The number of esters is 1. The highest BCUT2D eigenvalue weighted by molar-refractivity contribution is 6.22. The summed E-state index contributed by atoms with van der Waals surface area (Å²) in [6.45, 7) is 9.41. The molecule has 1 aromatic carbocycles. The van der Waals surface area contributed by atoms with Gasteiger partial charge in [-0.3, -0.25) is 14.5 Å². The average molecular weight is 399 g/mol. The summed E-state index contributed by atoms with van der Waals surface area (Å²) in [5.41, 5.74) is 0.295. The number of amides is 2. The second kappa shape index (κ2) is 7.77. The van der Waals surface area contributed by atoms with Crippen LogP contribution in [0.15, 0.2) is 28.8 Å². The Labute approximate surface area is 169 Å². The Morgan fingerprint density at radius 3 is 2.21 bits per heavy atom. The molecule has 0 saturated heterocycles. The van der Waals surface area contributed by atoms with E-state index in [2.05, 4.69) is 10.1 Å². The monoisotopic (exact) mass is 399 g/mol. The predicted molar refractivity (Wildman–Crippen MR) is 103 cm³/mol. The molecule has 29 heavy (non-hydrogen) atoms. The zero-order valence-electron chi connectivity index (χ0n) is 17.3. The summed E-state index contributed by atoms with van der Waals surface area (Å²) in [6, 6.07) is 5.52. The number of fused-ring (bicyclic) bond motifs is 1. The Bertz CT molecular complexity index is 907. The maximum Gasteiger partial charge on any atom is 0.329 e. The fraction of sp³-hybridized carbons (Fsp3) is 0.476. The van der Waals surface area contributed by atoms with Crippen LogP contribution >= 0.6 is 0 Å².